The smallest absolute Gasteiger partial charge is 0.255 e. The normalized spacial score (nSPS) is 9.78. The van der Waals surface area contributed by atoms with Gasteiger partial charge < -0.3 is 5.32 Å². The van der Waals surface area contributed by atoms with Crippen molar-refractivity contribution in [2.45, 2.75) is 6.42 Å². The van der Waals surface area contributed by atoms with Crippen LogP contribution in [0, 0.1) is 0 Å². The van der Waals surface area contributed by atoms with E-state index in [2.05, 4.69) is 11.9 Å². The third kappa shape index (κ3) is 3.32. The largest absolute Gasteiger partial charge is 0.326 e. The number of allylic oxidation sites excluding steroid dienone is 1. The lowest BCUT2D eigenvalue weighted by molar-refractivity contribution is 0.0965. The van der Waals surface area contributed by atoms with Crippen LogP contribution in [0.4, 0.5) is 0 Å². The van der Waals surface area contributed by atoms with E-state index >= 15 is 0 Å². The summed E-state index contributed by atoms with van der Waals surface area (Å²) < 4.78 is 0. The molecule has 1 amide bonds. The Balaban J connectivity index is 1.94. The molecule has 0 fully saturated rings. The Morgan fingerprint density at radius 1 is 0.944 bits per heavy atom. The highest BCUT2D eigenvalue weighted by atomic mass is 16.1. The van der Waals surface area contributed by atoms with Crippen LogP contribution in [-0.2, 0) is 6.42 Å². The standard InChI is InChI=1S/C16H15NO/c1-13(12-14-8-4-2-5-9-14)17-16(18)15-10-6-3-7-11-15/h2-11H,1,12H2,(H,17,18). The summed E-state index contributed by atoms with van der Waals surface area (Å²) in [5.41, 5.74) is 2.48. The molecule has 2 nitrogen and oxygen atoms in total. The van der Waals surface area contributed by atoms with Crippen LogP contribution in [0.5, 0.6) is 0 Å². The number of carbonyl (C=O) groups is 1. The zero-order valence-corrected chi connectivity index (χ0v) is 10.1. The summed E-state index contributed by atoms with van der Waals surface area (Å²) >= 11 is 0. The molecule has 0 bridgehead atoms. The average molecular weight is 237 g/mol. The fourth-order valence-electron chi connectivity index (χ4n) is 1.71. The molecule has 0 aliphatic rings. The number of amides is 1. The van der Waals surface area contributed by atoms with Gasteiger partial charge in [-0.05, 0) is 17.7 Å². The minimum Gasteiger partial charge on any atom is -0.326 e. The Morgan fingerprint density at radius 3 is 2.11 bits per heavy atom. The molecule has 2 heteroatoms. The second-order valence-electron chi connectivity index (χ2n) is 4.09. The van der Waals surface area contributed by atoms with Crippen LogP contribution < -0.4 is 5.32 Å². The van der Waals surface area contributed by atoms with Crippen LogP contribution in [0.25, 0.3) is 0 Å². The van der Waals surface area contributed by atoms with Crippen molar-refractivity contribution in [1.82, 2.24) is 5.32 Å². The minimum atomic E-state index is -0.114. The molecule has 2 rings (SSSR count). The molecule has 0 saturated heterocycles. The van der Waals surface area contributed by atoms with E-state index in [9.17, 15) is 4.79 Å². The highest BCUT2D eigenvalue weighted by molar-refractivity contribution is 5.95. The van der Waals surface area contributed by atoms with Crippen molar-refractivity contribution in [3.8, 4) is 0 Å². The third-order valence-corrected chi connectivity index (χ3v) is 2.59. The highest BCUT2D eigenvalue weighted by Gasteiger charge is 2.05. The molecule has 0 unspecified atom stereocenters. The molecule has 2 aromatic rings. The second-order valence-corrected chi connectivity index (χ2v) is 4.09. The summed E-state index contributed by atoms with van der Waals surface area (Å²) in [5, 5.41) is 2.81. The number of rotatable bonds is 4. The van der Waals surface area contributed by atoms with Crippen LogP contribution in [-0.4, -0.2) is 5.91 Å². The Hall–Kier alpha value is -2.35. The van der Waals surface area contributed by atoms with Gasteiger partial charge in [-0.2, -0.15) is 0 Å². The van der Waals surface area contributed by atoms with Crippen molar-refractivity contribution in [2.24, 2.45) is 0 Å². The van der Waals surface area contributed by atoms with Crippen LogP contribution in [0.1, 0.15) is 15.9 Å². The fourth-order valence-corrected chi connectivity index (χ4v) is 1.71. The molecule has 0 heterocycles. The first-order valence-electron chi connectivity index (χ1n) is 5.84. The molecular weight excluding hydrogens is 222 g/mol. The molecule has 0 aromatic heterocycles. The molecular formula is C16H15NO. The van der Waals surface area contributed by atoms with E-state index in [0.29, 0.717) is 17.7 Å². The Bertz CT molecular complexity index is 532. The summed E-state index contributed by atoms with van der Waals surface area (Å²) in [7, 11) is 0. The molecule has 2 aromatic carbocycles. The van der Waals surface area contributed by atoms with E-state index in [4.69, 9.17) is 0 Å². The summed E-state index contributed by atoms with van der Waals surface area (Å²) in [6, 6.07) is 19.1. The van der Waals surface area contributed by atoms with Gasteiger partial charge in [-0.1, -0.05) is 55.1 Å². The summed E-state index contributed by atoms with van der Waals surface area (Å²) in [6.07, 6.45) is 0.652. The minimum absolute atomic E-state index is 0.114. The quantitative estimate of drug-likeness (QED) is 0.869. The lowest BCUT2D eigenvalue weighted by Crippen LogP contribution is -2.23. The van der Waals surface area contributed by atoms with Crippen molar-refractivity contribution in [3.05, 3.63) is 84.1 Å². The summed E-state index contributed by atoms with van der Waals surface area (Å²) in [6.45, 7) is 3.88. The number of hydrogen-bond donors (Lipinski definition) is 1. The van der Waals surface area contributed by atoms with Gasteiger partial charge in [-0.3, -0.25) is 4.79 Å². The first kappa shape index (κ1) is 12.1. The van der Waals surface area contributed by atoms with Crippen molar-refractivity contribution >= 4 is 5.91 Å². The monoisotopic (exact) mass is 237 g/mol. The van der Waals surface area contributed by atoms with E-state index in [-0.39, 0.29) is 5.91 Å². The maximum absolute atomic E-state index is 11.9. The van der Waals surface area contributed by atoms with Crippen molar-refractivity contribution < 1.29 is 4.79 Å². The molecule has 0 radical (unpaired) electrons. The number of carbonyl (C=O) groups excluding carboxylic acids is 1. The van der Waals surface area contributed by atoms with Gasteiger partial charge in [-0.25, -0.2) is 0 Å². The lowest BCUT2D eigenvalue weighted by Gasteiger charge is -2.08. The van der Waals surface area contributed by atoms with Crippen LogP contribution >= 0.6 is 0 Å². The van der Waals surface area contributed by atoms with Crippen LogP contribution in [0.15, 0.2) is 72.9 Å². The Labute approximate surface area is 107 Å². The molecule has 0 atom stereocenters. The zero-order valence-electron chi connectivity index (χ0n) is 10.1. The van der Waals surface area contributed by atoms with Crippen LogP contribution in [0.3, 0.4) is 0 Å². The number of hydrogen-bond acceptors (Lipinski definition) is 1. The second kappa shape index (κ2) is 5.82. The van der Waals surface area contributed by atoms with Gasteiger partial charge >= 0.3 is 0 Å². The van der Waals surface area contributed by atoms with Gasteiger partial charge in [0.05, 0.1) is 0 Å². The fraction of sp³-hybridized carbons (Fsp3) is 0.0625. The Morgan fingerprint density at radius 2 is 1.50 bits per heavy atom. The predicted octanol–water partition coefficient (Wildman–Crippen LogP) is 3.17. The van der Waals surface area contributed by atoms with E-state index in [0.717, 1.165) is 5.56 Å². The SMILES string of the molecule is C=C(Cc1ccccc1)NC(=O)c1ccccc1. The van der Waals surface area contributed by atoms with E-state index in [1.165, 1.54) is 0 Å². The number of nitrogens with one attached hydrogen (secondary N) is 1. The predicted molar refractivity (Wildman–Crippen MR) is 73.2 cm³/mol. The molecule has 0 saturated carbocycles. The van der Waals surface area contributed by atoms with E-state index in [1.54, 1.807) is 12.1 Å². The van der Waals surface area contributed by atoms with Gasteiger partial charge in [0, 0.05) is 17.7 Å². The number of benzene rings is 2. The molecule has 0 aliphatic carbocycles. The summed E-state index contributed by atoms with van der Waals surface area (Å²) in [5.74, 6) is -0.114. The highest BCUT2D eigenvalue weighted by Crippen LogP contribution is 2.05. The molecule has 0 aliphatic heterocycles. The summed E-state index contributed by atoms with van der Waals surface area (Å²) in [4.78, 5) is 11.9. The van der Waals surface area contributed by atoms with E-state index < -0.39 is 0 Å². The topological polar surface area (TPSA) is 29.1 Å². The molecule has 0 spiro atoms. The Kier molecular flexibility index (Phi) is 3.92. The maximum Gasteiger partial charge on any atom is 0.255 e. The van der Waals surface area contributed by atoms with Gasteiger partial charge in [0.2, 0.25) is 0 Å². The van der Waals surface area contributed by atoms with Crippen LogP contribution in [0.2, 0.25) is 0 Å². The first-order chi connectivity index (χ1) is 8.75. The lowest BCUT2D eigenvalue weighted by atomic mass is 10.1. The van der Waals surface area contributed by atoms with Gasteiger partial charge in [0.1, 0.15) is 0 Å². The third-order valence-electron chi connectivity index (χ3n) is 2.59. The molecule has 1 N–H and O–H groups in total. The first-order valence-corrected chi connectivity index (χ1v) is 5.84. The molecule has 90 valence electrons. The van der Waals surface area contributed by atoms with Crippen molar-refractivity contribution in [3.63, 3.8) is 0 Å². The maximum atomic E-state index is 11.9. The van der Waals surface area contributed by atoms with Gasteiger partial charge in [0.15, 0.2) is 0 Å². The average Bonchev–Trinajstić information content (AvgIpc) is 2.40. The van der Waals surface area contributed by atoms with E-state index in [1.807, 2.05) is 48.5 Å². The zero-order chi connectivity index (χ0) is 12.8. The van der Waals surface area contributed by atoms with Gasteiger partial charge in [0.25, 0.3) is 5.91 Å². The van der Waals surface area contributed by atoms with Crippen molar-refractivity contribution in [1.29, 1.82) is 0 Å². The van der Waals surface area contributed by atoms with Crippen molar-refractivity contribution in [2.75, 3.05) is 0 Å². The molecule has 18 heavy (non-hydrogen) atoms. The van der Waals surface area contributed by atoms with Gasteiger partial charge in [-0.15, -0.1) is 0 Å².